The van der Waals surface area contributed by atoms with Crippen LogP contribution in [0.1, 0.15) is 25.3 Å². The lowest BCUT2D eigenvalue weighted by Crippen LogP contribution is -3.00. The molecular formula is C22H29ClN2O4. The lowest BCUT2D eigenvalue weighted by molar-refractivity contribution is -0.944. The zero-order valence-electron chi connectivity index (χ0n) is 17.1. The Morgan fingerprint density at radius 3 is 2.79 bits per heavy atom. The van der Waals surface area contributed by atoms with Crippen molar-refractivity contribution >= 4 is 11.7 Å². The number of ether oxygens (including phenoxy) is 1. The SMILES string of the molecule is C/C=C1/C[N+]2(C)CC[C@@]34c5ccccc5N[C@]32[C@@H](O)C[C@@H]1[C@@]4(CO)C(=O)OC.[Cl-]. The quantitative estimate of drug-likeness (QED) is 0.305. The zero-order chi connectivity index (χ0) is 19.9. The van der Waals surface area contributed by atoms with Crippen molar-refractivity contribution in [1.82, 2.24) is 0 Å². The molecule has 158 valence electrons. The number of anilines is 1. The minimum atomic E-state index is -1.13. The lowest BCUT2D eigenvalue weighted by Gasteiger charge is -2.58. The van der Waals surface area contributed by atoms with E-state index in [1.54, 1.807) is 0 Å². The van der Waals surface area contributed by atoms with Crippen LogP contribution in [0.25, 0.3) is 0 Å². The van der Waals surface area contributed by atoms with E-state index < -0.39 is 22.6 Å². The van der Waals surface area contributed by atoms with Gasteiger partial charge in [-0.15, -0.1) is 0 Å². The maximum absolute atomic E-state index is 13.5. The van der Waals surface area contributed by atoms with E-state index >= 15 is 0 Å². The summed E-state index contributed by atoms with van der Waals surface area (Å²) in [6, 6.07) is 8.04. The molecular weight excluding hydrogens is 392 g/mol. The van der Waals surface area contributed by atoms with Crippen LogP contribution in [0.2, 0.25) is 0 Å². The van der Waals surface area contributed by atoms with Gasteiger partial charge >= 0.3 is 5.97 Å². The molecule has 1 aromatic carbocycles. The first-order chi connectivity index (χ1) is 13.4. The van der Waals surface area contributed by atoms with Crippen LogP contribution in [0.4, 0.5) is 5.69 Å². The maximum atomic E-state index is 13.5. The summed E-state index contributed by atoms with van der Waals surface area (Å²) in [5.74, 6) is -0.629. The fourth-order valence-corrected chi connectivity index (χ4v) is 7.70. The van der Waals surface area contributed by atoms with Gasteiger partial charge in [0.15, 0.2) is 0 Å². The van der Waals surface area contributed by atoms with Gasteiger partial charge < -0.3 is 32.7 Å². The maximum Gasteiger partial charge on any atom is 0.316 e. The number of carbonyl (C=O) groups excluding carboxylic acids is 1. The van der Waals surface area contributed by atoms with Gasteiger partial charge in [0.05, 0.1) is 32.7 Å². The number of rotatable bonds is 2. The molecule has 7 heteroatoms. The van der Waals surface area contributed by atoms with Crippen molar-refractivity contribution in [2.75, 3.05) is 39.2 Å². The number of esters is 1. The Labute approximate surface area is 177 Å². The van der Waals surface area contributed by atoms with Gasteiger partial charge in [-0.2, -0.15) is 0 Å². The van der Waals surface area contributed by atoms with E-state index in [4.69, 9.17) is 4.74 Å². The molecule has 0 amide bonds. The van der Waals surface area contributed by atoms with E-state index in [-0.39, 0.29) is 30.9 Å². The average molecular weight is 421 g/mol. The molecule has 0 aromatic heterocycles. The molecule has 1 unspecified atom stereocenters. The highest BCUT2D eigenvalue weighted by Gasteiger charge is 2.88. The van der Waals surface area contributed by atoms with Crippen molar-refractivity contribution < 1.29 is 36.6 Å². The van der Waals surface area contributed by atoms with Crippen molar-refractivity contribution in [1.29, 1.82) is 0 Å². The van der Waals surface area contributed by atoms with E-state index in [0.29, 0.717) is 17.3 Å². The number of aliphatic hydroxyl groups is 2. The van der Waals surface area contributed by atoms with Crippen LogP contribution >= 0.6 is 0 Å². The van der Waals surface area contributed by atoms with Crippen molar-refractivity contribution in [2.45, 2.75) is 36.9 Å². The molecule has 6 rings (SSSR count). The summed E-state index contributed by atoms with van der Waals surface area (Å²) < 4.78 is 5.98. The Balaban J connectivity index is 0.00000205. The van der Waals surface area contributed by atoms with Crippen LogP contribution in [0.5, 0.6) is 0 Å². The molecule has 1 saturated carbocycles. The van der Waals surface area contributed by atoms with Gasteiger partial charge in [-0.05, 0) is 30.5 Å². The summed E-state index contributed by atoms with van der Waals surface area (Å²) in [4.78, 5) is 13.5. The zero-order valence-corrected chi connectivity index (χ0v) is 17.9. The van der Waals surface area contributed by atoms with Gasteiger partial charge in [0.2, 0.25) is 5.66 Å². The fourth-order valence-electron chi connectivity index (χ4n) is 7.70. The molecule has 6 atom stereocenters. The number of aliphatic hydroxyl groups excluding tert-OH is 2. The van der Waals surface area contributed by atoms with E-state index in [1.807, 2.05) is 25.1 Å². The summed E-state index contributed by atoms with van der Waals surface area (Å²) in [6.07, 6.45) is 2.59. The molecule has 1 aromatic rings. The molecule has 4 fully saturated rings. The Bertz CT molecular complexity index is 907. The van der Waals surface area contributed by atoms with Crippen molar-refractivity contribution in [3.05, 3.63) is 41.5 Å². The van der Waals surface area contributed by atoms with Crippen LogP contribution in [-0.4, -0.2) is 66.3 Å². The Hall–Kier alpha value is -1.60. The largest absolute Gasteiger partial charge is 1.00 e. The first kappa shape index (κ1) is 20.7. The molecule has 0 radical (unpaired) electrons. The van der Waals surface area contributed by atoms with Crippen LogP contribution in [-0.2, 0) is 14.9 Å². The van der Waals surface area contributed by atoms with Crippen molar-refractivity contribution in [2.24, 2.45) is 11.3 Å². The van der Waals surface area contributed by atoms with E-state index in [2.05, 4.69) is 24.5 Å². The topological polar surface area (TPSA) is 78.8 Å². The first-order valence-corrected chi connectivity index (χ1v) is 10.1. The number of fused-ring (bicyclic) bond motifs is 3. The number of likely N-dealkylation sites (N-methyl/N-ethyl adjacent to an activating group) is 1. The highest BCUT2D eigenvalue weighted by molar-refractivity contribution is 5.85. The molecule has 4 bridgehead atoms. The molecule has 3 saturated heterocycles. The predicted octanol–water partition coefficient (Wildman–Crippen LogP) is -1.61. The second-order valence-electron chi connectivity index (χ2n) is 9.16. The minimum absolute atomic E-state index is 0. The summed E-state index contributed by atoms with van der Waals surface area (Å²) in [5, 5.41) is 26.2. The number of nitrogens with one attached hydrogen (secondary N) is 1. The molecule has 29 heavy (non-hydrogen) atoms. The molecule has 3 N–H and O–H groups in total. The highest BCUT2D eigenvalue weighted by Crippen LogP contribution is 2.74. The number of allylic oxidation sites excluding steroid dienone is 1. The van der Waals surface area contributed by atoms with Crippen LogP contribution < -0.4 is 17.7 Å². The molecule has 1 spiro atoms. The number of para-hydroxylation sites is 1. The van der Waals surface area contributed by atoms with Gasteiger partial charge in [-0.25, -0.2) is 0 Å². The van der Waals surface area contributed by atoms with Gasteiger partial charge in [-0.1, -0.05) is 24.3 Å². The predicted molar refractivity (Wildman–Crippen MR) is 104 cm³/mol. The number of hydrogen-bond donors (Lipinski definition) is 3. The molecule has 4 aliphatic heterocycles. The number of hydrogen-bond acceptors (Lipinski definition) is 5. The fraction of sp³-hybridized carbons (Fsp3) is 0.591. The summed E-state index contributed by atoms with van der Waals surface area (Å²) in [7, 11) is 3.59. The average Bonchev–Trinajstić information content (AvgIpc) is 3.12. The number of carbonyl (C=O) groups is 1. The summed E-state index contributed by atoms with van der Waals surface area (Å²) >= 11 is 0. The number of halogens is 1. The second kappa shape index (κ2) is 6.20. The highest BCUT2D eigenvalue weighted by atomic mass is 35.5. The summed E-state index contributed by atoms with van der Waals surface area (Å²) in [6.45, 7) is 3.26. The Kier molecular flexibility index (Phi) is 4.42. The Morgan fingerprint density at radius 2 is 2.14 bits per heavy atom. The summed E-state index contributed by atoms with van der Waals surface area (Å²) in [5.41, 5.74) is 0.476. The standard InChI is InChI=1S/C22H29N2O4.ClH/c1-4-14-12-24(2)10-9-21-15-7-5-6-8-17(15)23-22(21,24)18(26)11-16(14)20(21,13-25)19(27)28-3;/h4-8,16,18,23,25-26H,9-13H2,1-3H3;1H/q+1;/p-1/b14-4-;/t16-,18-,20-,21-,22-,24?;/m0./s1. The van der Waals surface area contributed by atoms with Crippen molar-refractivity contribution in [3.8, 4) is 0 Å². The third-order valence-electron chi connectivity index (χ3n) is 8.64. The number of methoxy groups -OCH3 is 1. The first-order valence-electron chi connectivity index (χ1n) is 10.1. The molecule has 4 heterocycles. The van der Waals surface area contributed by atoms with Crippen molar-refractivity contribution in [3.63, 3.8) is 0 Å². The smallest absolute Gasteiger partial charge is 0.316 e. The Morgan fingerprint density at radius 1 is 1.41 bits per heavy atom. The normalized spacial score (nSPS) is 45.1. The van der Waals surface area contributed by atoms with Gasteiger partial charge in [0.1, 0.15) is 18.1 Å². The van der Waals surface area contributed by atoms with Crippen LogP contribution in [0.15, 0.2) is 35.9 Å². The number of nitrogens with zero attached hydrogens (tertiary/aromatic N) is 1. The number of benzene rings is 1. The van der Waals surface area contributed by atoms with E-state index in [1.165, 1.54) is 7.11 Å². The molecule has 5 aliphatic rings. The van der Waals surface area contributed by atoms with Gasteiger partial charge in [0, 0.05) is 18.0 Å². The van der Waals surface area contributed by atoms with Gasteiger partial charge in [-0.3, -0.25) is 9.28 Å². The van der Waals surface area contributed by atoms with Gasteiger partial charge in [0.25, 0.3) is 0 Å². The lowest BCUT2D eigenvalue weighted by atomic mass is 9.45. The van der Waals surface area contributed by atoms with E-state index in [9.17, 15) is 15.0 Å². The molecule has 1 aliphatic carbocycles. The second-order valence-corrected chi connectivity index (χ2v) is 9.16. The third-order valence-corrected chi connectivity index (χ3v) is 8.64. The monoisotopic (exact) mass is 420 g/mol. The number of quaternary nitrogens is 1. The molecule has 6 nitrogen and oxygen atoms in total. The van der Waals surface area contributed by atoms with Crippen LogP contribution in [0.3, 0.4) is 0 Å². The van der Waals surface area contributed by atoms with Crippen LogP contribution in [0, 0.1) is 11.3 Å². The third kappa shape index (κ3) is 1.84. The van der Waals surface area contributed by atoms with E-state index in [0.717, 1.165) is 29.9 Å². The minimum Gasteiger partial charge on any atom is -1.00 e.